The Morgan fingerprint density at radius 1 is 1.27 bits per heavy atom. The number of benzene rings is 1. The van der Waals surface area contributed by atoms with Crippen LogP contribution in [-0.4, -0.2) is 13.1 Å². The quantitative estimate of drug-likeness (QED) is 0.858. The van der Waals surface area contributed by atoms with Crippen LogP contribution < -0.4 is 5.32 Å². The minimum Gasteiger partial charge on any atom is -0.468 e. The lowest BCUT2D eigenvalue weighted by Gasteiger charge is -2.22. The van der Waals surface area contributed by atoms with Crippen LogP contribution in [0.5, 0.6) is 0 Å². The van der Waals surface area contributed by atoms with Crippen LogP contribution in [0, 0.1) is 11.3 Å². The Balaban J connectivity index is 2.03. The van der Waals surface area contributed by atoms with Gasteiger partial charge < -0.3 is 14.5 Å². The molecule has 0 saturated carbocycles. The summed E-state index contributed by atoms with van der Waals surface area (Å²) in [7, 11) is 1.39. The first-order chi connectivity index (χ1) is 10.5. The lowest BCUT2D eigenvalue weighted by atomic mass is 9.85. The fourth-order valence-electron chi connectivity index (χ4n) is 2.10. The Hall–Kier alpha value is -2.74. The van der Waals surface area contributed by atoms with Crippen molar-refractivity contribution in [2.24, 2.45) is 0 Å². The number of hydrogen-bond acceptors (Lipinski definition) is 5. The molecule has 0 unspecified atom stereocenters. The zero-order chi connectivity index (χ0) is 16.2. The number of rotatable bonds is 5. The maximum Gasteiger partial charge on any atom is 0.315 e. The van der Waals surface area contributed by atoms with Crippen molar-refractivity contribution in [3.05, 3.63) is 53.5 Å². The summed E-state index contributed by atoms with van der Waals surface area (Å²) in [5.41, 5.74) is 1.10. The molecule has 1 aromatic heterocycles. The molecular formula is C17H18N2O3. The predicted molar refractivity (Wildman–Crippen MR) is 82.2 cm³/mol. The summed E-state index contributed by atoms with van der Waals surface area (Å²) in [4.78, 5) is 11.8. The molecule has 1 N–H and O–H groups in total. The van der Waals surface area contributed by atoms with Crippen molar-refractivity contribution >= 4 is 11.7 Å². The van der Waals surface area contributed by atoms with Crippen LogP contribution in [-0.2, 0) is 21.5 Å². The first-order valence-corrected chi connectivity index (χ1v) is 6.89. The number of methoxy groups -OCH3 is 1. The van der Waals surface area contributed by atoms with E-state index in [4.69, 9.17) is 14.4 Å². The first kappa shape index (κ1) is 15.6. The van der Waals surface area contributed by atoms with Crippen molar-refractivity contribution < 1.29 is 13.9 Å². The second-order valence-electron chi connectivity index (χ2n) is 5.43. The van der Waals surface area contributed by atoms with Gasteiger partial charge >= 0.3 is 5.97 Å². The smallest absolute Gasteiger partial charge is 0.315 e. The number of hydrogen-bond donors (Lipinski definition) is 1. The molecule has 0 spiro atoms. The molecule has 0 atom stereocenters. The van der Waals surface area contributed by atoms with Crippen molar-refractivity contribution in [1.29, 1.82) is 5.26 Å². The van der Waals surface area contributed by atoms with Gasteiger partial charge in [-0.15, -0.1) is 0 Å². The largest absolute Gasteiger partial charge is 0.468 e. The number of carbonyl (C=O) groups excluding carboxylic acids is 1. The van der Waals surface area contributed by atoms with E-state index in [9.17, 15) is 4.79 Å². The topological polar surface area (TPSA) is 75.3 Å². The van der Waals surface area contributed by atoms with Crippen LogP contribution in [0.3, 0.4) is 0 Å². The summed E-state index contributed by atoms with van der Waals surface area (Å²) in [5.74, 6) is 0.718. The van der Waals surface area contributed by atoms with E-state index in [0.29, 0.717) is 18.1 Å². The minimum absolute atomic E-state index is 0.271. The van der Waals surface area contributed by atoms with E-state index < -0.39 is 5.41 Å². The zero-order valence-electron chi connectivity index (χ0n) is 12.8. The monoisotopic (exact) mass is 298 g/mol. The lowest BCUT2D eigenvalue weighted by Crippen LogP contribution is -2.30. The standard InChI is InChI=1S/C17H18N2O3/c1-17(2,16(20)21-3)12-4-6-13(7-5-12)19-11-15-9-8-14(10-18)22-15/h4-9,19H,11H2,1-3H3. The molecular weight excluding hydrogens is 280 g/mol. The van der Waals surface area contributed by atoms with Crippen molar-refractivity contribution in [1.82, 2.24) is 0 Å². The number of carbonyl (C=O) groups is 1. The van der Waals surface area contributed by atoms with Crippen molar-refractivity contribution in [2.45, 2.75) is 25.8 Å². The van der Waals surface area contributed by atoms with Gasteiger partial charge in [-0.05, 0) is 43.7 Å². The molecule has 0 bridgehead atoms. The number of ether oxygens (including phenoxy) is 1. The van der Waals surface area contributed by atoms with Crippen LogP contribution in [0.25, 0.3) is 0 Å². The van der Waals surface area contributed by atoms with Crippen LogP contribution >= 0.6 is 0 Å². The second-order valence-corrected chi connectivity index (χ2v) is 5.43. The van der Waals surface area contributed by atoms with Gasteiger partial charge in [-0.25, -0.2) is 0 Å². The van der Waals surface area contributed by atoms with Crippen LogP contribution in [0.1, 0.15) is 30.9 Å². The van der Waals surface area contributed by atoms with Gasteiger partial charge in [0, 0.05) is 5.69 Å². The third-order valence-corrected chi connectivity index (χ3v) is 3.54. The molecule has 2 rings (SSSR count). The third-order valence-electron chi connectivity index (χ3n) is 3.54. The van der Waals surface area contributed by atoms with Crippen molar-refractivity contribution in [2.75, 3.05) is 12.4 Å². The van der Waals surface area contributed by atoms with Gasteiger partial charge in [0.05, 0.1) is 19.1 Å². The fraction of sp³-hybridized carbons (Fsp3) is 0.294. The van der Waals surface area contributed by atoms with E-state index in [1.54, 1.807) is 12.1 Å². The summed E-state index contributed by atoms with van der Waals surface area (Å²) in [6.45, 7) is 4.14. The molecule has 0 fully saturated rings. The van der Waals surface area contributed by atoms with E-state index >= 15 is 0 Å². The van der Waals surface area contributed by atoms with Gasteiger partial charge in [0.1, 0.15) is 11.8 Å². The highest BCUT2D eigenvalue weighted by molar-refractivity contribution is 5.82. The van der Waals surface area contributed by atoms with Crippen molar-refractivity contribution in [3.63, 3.8) is 0 Å². The van der Waals surface area contributed by atoms with Crippen LogP contribution in [0.15, 0.2) is 40.8 Å². The summed E-state index contributed by atoms with van der Waals surface area (Å²) < 4.78 is 10.1. The number of anilines is 1. The zero-order valence-corrected chi connectivity index (χ0v) is 12.8. The normalized spacial score (nSPS) is 10.8. The lowest BCUT2D eigenvalue weighted by molar-refractivity contribution is -0.146. The molecule has 0 aliphatic rings. The average Bonchev–Trinajstić information content (AvgIpc) is 3.00. The van der Waals surface area contributed by atoms with Gasteiger partial charge in [-0.1, -0.05) is 12.1 Å². The second kappa shape index (κ2) is 6.35. The molecule has 0 radical (unpaired) electrons. The summed E-state index contributed by atoms with van der Waals surface area (Å²) >= 11 is 0. The molecule has 0 aliphatic heterocycles. The van der Waals surface area contributed by atoms with Crippen LogP contribution in [0.2, 0.25) is 0 Å². The molecule has 2 aromatic rings. The van der Waals surface area contributed by atoms with Gasteiger partial charge in [-0.3, -0.25) is 4.79 Å². The van der Waals surface area contributed by atoms with E-state index in [2.05, 4.69) is 5.32 Å². The summed E-state index contributed by atoms with van der Waals surface area (Å²) in [6.07, 6.45) is 0. The highest BCUT2D eigenvalue weighted by atomic mass is 16.5. The van der Waals surface area contributed by atoms with Crippen molar-refractivity contribution in [3.8, 4) is 6.07 Å². The predicted octanol–water partition coefficient (Wildman–Crippen LogP) is 3.21. The maximum absolute atomic E-state index is 11.8. The highest BCUT2D eigenvalue weighted by Gasteiger charge is 2.30. The molecule has 114 valence electrons. The Morgan fingerprint density at radius 3 is 2.50 bits per heavy atom. The van der Waals surface area contributed by atoms with Gasteiger partial charge in [0.15, 0.2) is 0 Å². The van der Waals surface area contributed by atoms with Gasteiger partial charge in [0.2, 0.25) is 5.76 Å². The Morgan fingerprint density at radius 2 is 1.95 bits per heavy atom. The Labute approximate surface area is 129 Å². The number of nitriles is 1. The number of nitrogens with one attached hydrogen (secondary N) is 1. The fourth-order valence-corrected chi connectivity index (χ4v) is 2.10. The molecule has 0 saturated heterocycles. The number of esters is 1. The first-order valence-electron chi connectivity index (χ1n) is 6.89. The third kappa shape index (κ3) is 3.29. The molecule has 1 aromatic carbocycles. The van der Waals surface area contributed by atoms with Gasteiger partial charge in [0.25, 0.3) is 0 Å². The van der Waals surface area contributed by atoms with E-state index in [0.717, 1.165) is 11.3 Å². The number of nitrogens with zero attached hydrogens (tertiary/aromatic N) is 1. The van der Waals surface area contributed by atoms with Crippen LogP contribution in [0.4, 0.5) is 5.69 Å². The number of furan rings is 1. The summed E-state index contributed by atoms with van der Waals surface area (Å²) in [5, 5.41) is 11.9. The molecule has 5 nitrogen and oxygen atoms in total. The molecule has 0 aliphatic carbocycles. The van der Waals surface area contributed by atoms with E-state index in [1.807, 2.05) is 44.2 Å². The molecule has 0 amide bonds. The molecule has 5 heteroatoms. The average molecular weight is 298 g/mol. The molecule has 1 heterocycles. The van der Waals surface area contributed by atoms with Gasteiger partial charge in [-0.2, -0.15) is 5.26 Å². The van der Waals surface area contributed by atoms with E-state index in [1.165, 1.54) is 7.11 Å². The maximum atomic E-state index is 11.8. The Kier molecular flexibility index (Phi) is 4.52. The summed E-state index contributed by atoms with van der Waals surface area (Å²) in [6, 6.07) is 12.9. The SMILES string of the molecule is COC(=O)C(C)(C)c1ccc(NCc2ccc(C#N)o2)cc1. The molecule has 22 heavy (non-hydrogen) atoms. The van der Waals surface area contributed by atoms with E-state index in [-0.39, 0.29) is 5.97 Å². The minimum atomic E-state index is -0.685. The highest BCUT2D eigenvalue weighted by Crippen LogP contribution is 2.26. The Bertz CT molecular complexity index is 693.